The van der Waals surface area contributed by atoms with Crippen molar-refractivity contribution < 1.29 is 10.2 Å². The number of hydrogen-bond acceptors (Lipinski definition) is 4. The Balaban J connectivity index is 1.54. The number of guanidine groups is 1. The minimum Gasteiger partial charge on any atom is -0.393 e. The Morgan fingerprint density at radius 3 is 2.59 bits per heavy atom. The summed E-state index contributed by atoms with van der Waals surface area (Å²) in [4.78, 5) is 0. The third kappa shape index (κ3) is 2.82. The maximum atomic E-state index is 12.0. The topological polar surface area (TPSA) is 114 Å². The number of rotatable bonds is 3. The van der Waals surface area contributed by atoms with E-state index in [0.29, 0.717) is 23.7 Å². The molecule has 0 radical (unpaired) electrons. The molecule has 3 unspecified atom stereocenters. The van der Waals surface area contributed by atoms with Crippen molar-refractivity contribution in [3.63, 3.8) is 0 Å². The van der Waals surface area contributed by atoms with Crippen LogP contribution in [0.15, 0.2) is 0 Å². The van der Waals surface area contributed by atoms with Gasteiger partial charge in [0.05, 0.1) is 11.7 Å². The van der Waals surface area contributed by atoms with Crippen LogP contribution in [0.2, 0.25) is 0 Å². The lowest BCUT2D eigenvalue weighted by molar-refractivity contribution is -0.209. The van der Waals surface area contributed by atoms with E-state index in [9.17, 15) is 10.2 Å². The van der Waals surface area contributed by atoms with Crippen LogP contribution in [-0.4, -0.2) is 34.4 Å². The Kier molecular flexibility index (Phi) is 4.76. The van der Waals surface area contributed by atoms with Gasteiger partial charge in [-0.05, 0) is 86.9 Å². The summed E-state index contributed by atoms with van der Waals surface area (Å²) in [5.41, 5.74) is 10.8. The van der Waals surface area contributed by atoms with Gasteiger partial charge in [-0.3, -0.25) is 10.8 Å². The number of nitrogens with one attached hydrogen (secondary N) is 3. The van der Waals surface area contributed by atoms with Crippen molar-refractivity contribution in [3.05, 3.63) is 0 Å². The van der Waals surface area contributed by atoms with Gasteiger partial charge in [0.1, 0.15) is 0 Å². The molecule has 0 amide bonds. The highest BCUT2D eigenvalue weighted by Gasteiger charge is 2.66. The molecule has 0 saturated heterocycles. The molecule has 0 aliphatic heterocycles. The predicted molar refractivity (Wildman–Crippen MR) is 106 cm³/mol. The first-order valence-electron chi connectivity index (χ1n) is 10.9. The number of aliphatic hydroxyl groups excluding tert-OH is 1. The molecule has 0 spiro atoms. The van der Waals surface area contributed by atoms with Crippen LogP contribution >= 0.6 is 0 Å². The van der Waals surface area contributed by atoms with Gasteiger partial charge in [0.15, 0.2) is 5.96 Å². The maximum absolute atomic E-state index is 12.0. The lowest BCUT2D eigenvalue weighted by atomic mass is 9.43. The molecule has 8 atom stereocenters. The summed E-state index contributed by atoms with van der Waals surface area (Å²) in [7, 11) is 0. The normalized spacial score (nSPS) is 51.8. The summed E-state index contributed by atoms with van der Waals surface area (Å²) < 4.78 is 0. The van der Waals surface area contributed by atoms with Gasteiger partial charge >= 0.3 is 0 Å². The van der Waals surface area contributed by atoms with Crippen molar-refractivity contribution in [2.45, 2.75) is 83.3 Å². The molecule has 4 aliphatic carbocycles. The molecule has 6 heteroatoms. The zero-order chi connectivity index (χ0) is 19.4. The van der Waals surface area contributed by atoms with Gasteiger partial charge in [0.25, 0.3) is 0 Å². The van der Waals surface area contributed by atoms with E-state index >= 15 is 0 Å². The average Bonchev–Trinajstić information content (AvgIpc) is 2.87. The first-order chi connectivity index (χ1) is 12.7. The Morgan fingerprint density at radius 1 is 1.07 bits per heavy atom. The van der Waals surface area contributed by atoms with Gasteiger partial charge in [0.2, 0.25) is 0 Å². The predicted octanol–water partition coefficient (Wildman–Crippen LogP) is 2.11. The van der Waals surface area contributed by atoms with Crippen LogP contribution in [0.3, 0.4) is 0 Å². The van der Waals surface area contributed by atoms with Gasteiger partial charge in [-0.1, -0.05) is 13.8 Å². The highest BCUT2D eigenvalue weighted by atomic mass is 16.3. The number of hydrazine groups is 1. The van der Waals surface area contributed by atoms with Crippen LogP contribution in [0.4, 0.5) is 0 Å². The second-order valence-corrected chi connectivity index (χ2v) is 10.5. The van der Waals surface area contributed by atoms with Gasteiger partial charge in [-0.25, -0.2) is 5.43 Å². The zero-order valence-electron chi connectivity index (χ0n) is 16.9. The summed E-state index contributed by atoms with van der Waals surface area (Å²) >= 11 is 0. The van der Waals surface area contributed by atoms with E-state index < -0.39 is 5.60 Å². The summed E-state index contributed by atoms with van der Waals surface area (Å²) in [5.74, 6) is 1.92. The zero-order valence-corrected chi connectivity index (χ0v) is 16.9. The average molecular weight is 379 g/mol. The van der Waals surface area contributed by atoms with Gasteiger partial charge in [-0.2, -0.15) is 0 Å². The van der Waals surface area contributed by atoms with Crippen LogP contribution in [0, 0.1) is 39.9 Å². The Bertz CT molecular complexity index is 601. The third-order valence-electron chi connectivity index (χ3n) is 9.59. The van der Waals surface area contributed by atoms with Crippen LogP contribution < -0.4 is 16.6 Å². The Labute approximate surface area is 163 Å². The Hall–Kier alpha value is -0.850. The monoisotopic (exact) mass is 378 g/mol. The fourth-order valence-electron chi connectivity index (χ4n) is 7.91. The Morgan fingerprint density at radius 2 is 1.85 bits per heavy atom. The largest absolute Gasteiger partial charge is 0.393 e. The molecule has 0 aromatic rings. The quantitative estimate of drug-likeness (QED) is 0.256. The second kappa shape index (κ2) is 6.60. The number of nitrogens with two attached hydrogens (primary N) is 1. The number of hydrogen-bond donors (Lipinski definition) is 6. The van der Waals surface area contributed by atoms with E-state index in [1.807, 2.05) is 0 Å². The van der Waals surface area contributed by atoms with Crippen LogP contribution in [0.5, 0.6) is 0 Å². The molecule has 4 rings (SSSR count). The maximum Gasteiger partial charge on any atom is 0.200 e. The standard InChI is InChI=1S/C21H38N4O2/c1-19-8-6-15(26)11-13(19)3-4-17-16(19)7-9-20(2)14(5-10-21(17,20)27)12-24-25-18(22)23/h13-17,24,26-27H,3-12H2,1-2H3,(H4,22,23,25)/t13?,14?,15?,16-,17-,19+,20-,21-/m1/s1. The minimum absolute atomic E-state index is 0.0668. The third-order valence-corrected chi connectivity index (χ3v) is 9.59. The van der Waals surface area contributed by atoms with Gasteiger partial charge < -0.3 is 15.9 Å². The molecular formula is C21H38N4O2. The molecular weight excluding hydrogens is 340 g/mol. The van der Waals surface area contributed by atoms with Crippen molar-refractivity contribution in [3.8, 4) is 0 Å². The highest BCUT2D eigenvalue weighted by molar-refractivity contribution is 5.73. The molecule has 0 aromatic carbocycles. The van der Waals surface area contributed by atoms with Crippen molar-refractivity contribution in [1.29, 1.82) is 5.41 Å². The van der Waals surface area contributed by atoms with Crippen molar-refractivity contribution in [2.24, 2.45) is 40.2 Å². The van der Waals surface area contributed by atoms with Gasteiger partial charge in [0, 0.05) is 12.0 Å². The second-order valence-electron chi connectivity index (χ2n) is 10.5. The van der Waals surface area contributed by atoms with E-state index in [0.717, 1.165) is 57.9 Å². The smallest absolute Gasteiger partial charge is 0.200 e. The molecule has 4 saturated carbocycles. The summed E-state index contributed by atoms with van der Waals surface area (Å²) in [6, 6.07) is 0. The SMILES string of the molecule is C[C@]12CCC(O)CC1CC[C@@H]1[C@H]2CC[C@]2(C)C(CNNC(=N)N)CC[C@@]12O. The molecule has 27 heavy (non-hydrogen) atoms. The van der Waals surface area contributed by atoms with Crippen molar-refractivity contribution >= 4 is 5.96 Å². The van der Waals surface area contributed by atoms with E-state index in [4.69, 9.17) is 11.1 Å². The summed E-state index contributed by atoms with van der Waals surface area (Å²) in [5, 5.41) is 29.5. The number of fused-ring (bicyclic) bond motifs is 5. The lowest BCUT2D eigenvalue weighted by Crippen LogP contribution is -2.62. The molecule has 4 fully saturated rings. The fourth-order valence-corrected chi connectivity index (χ4v) is 7.91. The van der Waals surface area contributed by atoms with Crippen LogP contribution in [0.1, 0.15) is 71.6 Å². The van der Waals surface area contributed by atoms with E-state index in [1.54, 1.807) is 0 Å². The summed E-state index contributed by atoms with van der Waals surface area (Å²) in [6.07, 6.45) is 9.33. The van der Waals surface area contributed by atoms with Crippen molar-refractivity contribution in [2.75, 3.05) is 6.54 Å². The van der Waals surface area contributed by atoms with Gasteiger partial charge in [-0.15, -0.1) is 0 Å². The molecule has 7 N–H and O–H groups in total. The fraction of sp³-hybridized carbons (Fsp3) is 0.952. The number of aliphatic hydroxyl groups is 2. The molecule has 0 bridgehead atoms. The highest BCUT2D eigenvalue weighted by Crippen LogP contribution is 2.68. The molecule has 4 aliphatic rings. The molecule has 6 nitrogen and oxygen atoms in total. The van der Waals surface area contributed by atoms with Crippen molar-refractivity contribution in [1.82, 2.24) is 10.9 Å². The lowest BCUT2D eigenvalue weighted by Gasteiger charge is -2.63. The van der Waals surface area contributed by atoms with Crippen LogP contribution in [-0.2, 0) is 0 Å². The minimum atomic E-state index is -0.581. The van der Waals surface area contributed by atoms with Crippen LogP contribution in [0.25, 0.3) is 0 Å². The first kappa shape index (κ1) is 19.5. The van der Waals surface area contributed by atoms with E-state index in [-0.39, 0.29) is 22.9 Å². The molecule has 0 heterocycles. The first-order valence-corrected chi connectivity index (χ1v) is 10.9. The summed E-state index contributed by atoms with van der Waals surface area (Å²) in [6.45, 7) is 5.49. The molecule has 0 aromatic heterocycles. The van der Waals surface area contributed by atoms with E-state index in [1.165, 1.54) is 6.42 Å². The molecule has 154 valence electrons. The van der Waals surface area contributed by atoms with E-state index in [2.05, 4.69) is 24.7 Å².